The third kappa shape index (κ3) is 2.76. The van der Waals surface area contributed by atoms with Crippen LogP contribution >= 0.6 is 11.8 Å². The molecule has 1 amide bonds. The lowest BCUT2D eigenvalue weighted by Crippen LogP contribution is -2.29. The summed E-state index contributed by atoms with van der Waals surface area (Å²) in [5.41, 5.74) is 0. The summed E-state index contributed by atoms with van der Waals surface area (Å²) >= 11 is 1.65. The number of nitrogens with zero attached hydrogens (tertiary/aromatic N) is 1. The molecule has 2 aromatic rings. The second-order valence-electron chi connectivity index (χ2n) is 4.85. The Morgan fingerprint density at radius 3 is 2.63 bits per heavy atom. The smallest absolute Gasteiger partial charge is 0.232 e. The second kappa shape index (κ2) is 5.66. The van der Waals surface area contributed by atoms with E-state index in [1.807, 2.05) is 11.0 Å². The Kier molecular flexibility index (Phi) is 3.74. The first kappa shape index (κ1) is 12.5. The summed E-state index contributed by atoms with van der Waals surface area (Å²) in [4.78, 5) is 15.2. The summed E-state index contributed by atoms with van der Waals surface area (Å²) in [6, 6.07) is 14.6. The Labute approximate surface area is 117 Å². The molecular formula is C16H17NOS. The molecule has 1 saturated heterocycles. The molecular weight excluding hydrogens is 254 g/mol. The molecule has 2 aromatic carbocycles. The van der Waals surface area contributed by atoms with Crippen molar-refractivity contribution in [2.75, 3.05) is 18.8 Å². The van der Waals surface area contributed by atoms with E-state index in [9.17, 15) is 4.79 Å². The van der Waals surface area contributed by atoms with Crippen LogP contribution in [-0.2, 0) is 4.79 Å². The van der Waals surface area contributed by atoms with E-state index < -0.39 is 0 Å². The Hall–Kier alpha value is -1.48. The number of fused-ring (bicyclic) bond motifs is 1. The minimum atomic E-state index is 0.274. The van der Waals surface area contributed by atoms with E-state index in [1.54, 1.807) is 11.8 Å². The summed E-state index contributed by atoms with van der Waals surface area (Å²) in [5, 5.41) is 2.48. The van der Waals surface area contributed by atoms with Crippen molar-refractivity contribution in [3.8, 4) is 0 Å². The summed E-state index contributed by atoms with van der Waals surface area (Å²) in [5.74, 6) is 0.823. The van der Waals surface area contributed by atoms with Crippen LogP contribution in [0.5, 0.6) is 0 Å². The largest absolute Gasteiger partial charge is 0.342 e. The molecule has 3 rings (SSSR count). The Morgan fingerprint density at radius 2 is 1.79 bits per heavy atom. The maximum Gasteiger partial charge on any atom is 0.232 e. The van der Waals surface area contributed by atoms with Crippen LogP contribution in [-0.4, -0.2) is 29.6 Å². The van der Waals surface area contributed by atoms with Crippen molar-refractivity contribution in [2.24, 2.45) is 0 Å². The third-order valence-corrected chi connectivity index (χ3v) is 4.62. The van der Waals surface area contributed by atoms with Crippen molar-refractivity contribution in [2.45, 2.75) is 17.7 Å². The quantitative estimate of drug-likeness (QED) is 0.796. The van der Waals surface area contributed by atoms with Crippen molar-refractivity contribution < 1.29 is 4.79 Å². The first-order valence-corrected chi connectivity index (χ1v) is 7.71. The highest BCUT2D eigenvalue weighted by Gasteiger charge is 2.17. The van der Waals surface area contributed by atoms with Gasteiger partial charge in [0.05, 0.1) is 5.75 Å². The Balaban J connectivity index is 1.73. The van der Waals surface area contributed by atoms with Crippen LogP contribution in [0.15, 0.2) is 47.4 Å². The summed E-state index contributed by atoms with van der Waals surface area (Å²) in [6.45, 7) is 1.88. The summed E-state index contributed by atoms with van der Waals surface area (Å²) < 4.78 is 0. The molecule has 0 aromatic heterocycles. The number of carbonyl (C=O) groups excluding carboxylic acids is 1. The van der Waals surface area contributed by atoms with Gasteiger partial charge in [0, 0.05) is 18.0 Å². The van der Waals surface area contributed by atoms with Gasteiger partial charge >= 0.3 is 0 Å². The van der Waals surface area contributed by atoms with Gasteiger partial charge in [-0.3, -0.25) is 4.79 Å². The highest BCUT2D eigenvalue weighted by molar-refractivity contribution is 8.00. The zero-order chi connectivity index (χ0) is 13.1. The molecule has 1 aliphatic heterocycles. The average molecular weight is 271 g/mol. The normalized spacial score (nSPS) is 15.1. The van der Waals surface area contributed by atoms with Crippen LogP contribution in [0.3, 0.4) is 0 Å². The minimum Gasteiger partial charge on any atom is -0.342 e. The maximum atomic E-state index is 12.1. The lowest BCUT2D eigenvalue weighted by atomic mass is 10.1. The van der Waals surface area contributed by atoms with Gasteiger partial charge in [0.1, 0.15) is 0 Å². The Bertz CT molecular complexity index is 585. The Morgan fingerprint density at radius 1 is 1.05 bits per heavy atom. The van der Waals surface area contributed by atoms with Crippen molar-refractivity contribution in [1.29, 1.82) is 0 Å². The van der Waals surface area contributed by atoms with Crippen LogP contribution in [0.2, 0.25) is 0 Å². The van der Waals surface area contributed by atoms with E-state index in [-0.39, 0.29) is 5.91 Å². The molecule has 1 fully saturated rings. The predicted octanol–water partition coefficient (Wildman–Crippen LogP) is 3.55. The lowest BCUT2D eigenvalue weighted by Gasteiger charge is -2.15. The van der Waals surface area contributed by atoms with E-state index in [4.69, 9.17) is 0 Å². The molecule has 1 heterocycles. The molecule has 3 heteroatoms. The molecule has 1 aliphatic rings. The van der Waals surface area contributed by atoms with Gasteiger partial charge in [-0.05, 0) is 29.7 Å². The molecule has 0 saturated carbocycles. The van der Waals surface area contributed by atoms with E-state index in [2.05, 4.69) is 36.4 Å². The van der Waals surface area contributed by atoms with Crippen LogP contribution in [0.25, 0.3) is 10.8 Å². The van der Waals surface area contributed by atoms with Gasteiger partial charge in [-0.1, -0.05) is 36.4 Å². The fraction of sp³-hybridized carbons (Fsp3) is 0.312. The number of thioether (sulfide) groups is 1. The van der Waals surface area contributed by atoms with Crippen molar-refractivity contribution in [3.63, 3.8) is 0 Å². The number of likely N-dealkylation sites (tertiary alicyclic amines) is 1. The van der Waals surface area contributed by atoms with Crippen molar-refractivity contribution in [1.82, 2.24) is 4.90 Å². The fourth-order valence-electron chi connectivity index (χ4n) is 2.52. The third-order valence-electron chi connectivity index (χ3n) is 3.56. The molecule has 0 bridgehead atoms. The minimum absolute atomic E-state index is 0.274. The van der Waals surface area contributed by atoms with Crippen LogP contribution < -0.4 is 0 Å². The zero-order valence-electron chi connectivity index (χ0n) is 10.8. The average Bonchev–Trinajstić information content (AvgIpc) is 2.99. The zero-order valence-corrected chi connectivity index (χ0v) is 11.7. The highest BCUT2D eigenvalue weighted by atomic mass is 32.2. The van der Waals surface area contributed by atoms with Gasteiger partial charge in [0.2, 0.25) is 5.91 Å². The fourth-order valence-corrected chi connectivity index (χ4v) is 3.50. The predicted molar refractivity (Wildman–Crippen MR) is 80.5 cm³/mol. The van der Waals surface area contributed by atoms with Crippen LogP contribution in [0, 0.1) is 0 Å². The van der Waals surface area contributed by atoms with Crippen molar-refractivity contribution in [3.05, 3.63) is 42.5 Å². The van der Waals surface area contributed by atoms with Gasteiger partial charge in [-0.2, -0.15) is 0 Å². The lowest BCUT2D eigenvalue weighted by molar-refractivity contribution is -0.127. The molecule has 2 nitrogen and oxygen atoms in total. The van der Waals surface area contributed by atoms with Crippen molar-refractivity contribution >= 4 is 28.4 Å². The molecule has 0 aliphatic carbocycles. The van der Waals surface area contributed by atoms with Gasteiger partial charge in [0.15, 0.2) is 0 Å². The summed E-state index contributed by atoms with van der Waals surface area (Å²) in [6.07, 6.45) is 2.31. The molecule has 19 heavy (non-hydrogen) atoms. The first-order valence-electron chi connectivity index (χ1n) is 6.73. The highest BCUT2D eigenvalue weighted by Crippen LogP contribution is 2.28. The maximum absolute atomic E-state index is 12.1. The number of hydrogen-bond donors (Lipinski definition) is 0. The van der Waals surface area contributed by atoms with Gasteiger partial charge in [0.25, 0.3) is 0 Å². The number of hydrogen-bond acceptors (Lipinski definition) is 2. The topological polar surface area (TPSA) is 20.3 Å². The molecule has 98 valence electrons. The van der Waals surface area contributed by atoms with E-state index in [1.165, 1.54) is 15.7 Å². The van der Waals surface area contributed by atoms with E-state index in [0.717, 1.165) is 25.9 Å². The molecule has 0 spiro atoms. The van der Waals surface area contributed by atoms with Gasteiger partial charge < -0.3 is 4.90 Å². The second-order valence-corrected chi connectivity index (χ2v) is 5.87. The van der Waals surface area contributed by atoms with E-state index >= 15 is 0 Å². The van der Waals surface area contributed by atoms with Gasteiger partial charge in [-0.25, -0.2) is 0 Å². The van der Waals surface area contributed by atoms with Crippen LogP contribution in [0.1, 0.15) is 12.8 Å². The molecule has 0 unspecified atom stereocenters. The number of rotatable bonds is 3. The van der Waals surface area contributed by atoms with E-state index in [0.29, 0.717) is 5.75 Å². The van der Waals surface area contributed by atoms with Gasteiger partial charge in [-0.15, -0.1) is 11.8 Å². The van der Waals surface area contributed by atoms with Crippen LogP contribution in [0.4, 0.5) is 0 Å². The molecule has 0 radical (unpaired) electrons. The molecule has 0 N–H and O–H groups in total. The monoisotopic (exact) mass is 271 g/mol. The number of benzene rings is 2. The number of carbonyl (C=O) groups is 1. The summed E-state index contributed by atoms with van der Waals surface area (Å²) in [7, 11) is 0. The standard InChI is InChI=1S/C16H17NOS/c18-16(17-10-3-4-11-17)12-19-15-9-5-7-13-6-1-2-8-14(13)15/h1-2,5-9H,3-4,10-12H2. The first-order chi connectivity index (χ1) is 9.34. The SMILES string of the molecule is O=C(CSc1cccc2ccccc12)N1CCCC1. The number of amides is 1. The molecule has 0 atom stereocenters.